The number of benzene rings is 1. The van der Waals surface area contributed by atoms with E-state index < -0.39 is 0 Å². The maximum Gasteiger partial charge on any atom is 0.171 e. The van der Waals surface area contributed by atoms with Crippen LogP contribution in [0.15, 0.2) is 18.2 Å². The minimum atomic E-state index is -0.263. The molecule has 2 rings (SSSR count). The Hall–Kier alpha value is -1.16. The zero-order chi connectivity index (χ0) is 13.8. The summed E-state index contributed by atoms with van der Waals surface area (Å²) in [7, 11) is 0. The van der Waals surface area contributed by atoms with Gasteiger partial charge >= 0.3 is 0 Å². The van der Waals surface area contributed by atoms with Crippen LogP contribution in [-0.2, 0) is 0 Å². The molecule has 0 aliphatic heterocycles. The lowest BCUT2D eigenvalue weighted by Gasteiger charge is -2.30. The van der Waals surface area contributed by atoms with Gasteiger partial charge in [-0.2, -0.15) is 0 Å². The molecule has 0 radical (unpaired) electrons. The molecule has 2 nitrogen and oxygen atoms in total. The van der Waals surface area contributed by atoms with E-state index in [0.29, 0.717) is 22.8 Å². The standard InChI is InChI=1S/C15H21FN2S/c1-10-7-8-14(12(16)9-10)18-15(19)17-13-6-4-3-5-11(13)2/h7-9,11,13H,3-6H2,1-2H3,(H2,17,18,19)/t11-,13-/m1/s1. The highest BCUT2D eigenvalue weighted by molar-refractivity contribution is 7.80. The van der Waals surface area contributed by atoms with Gasteiger partial charge in [-0.3, -0.25) is 0 Å². The van der Waals surface area contributed by atoms with E-state index in [0.717, 1.165) is 12.0 Å². The van der Waals surface area contributed by atoms with Gasteiger partial charge in [0.2, 0.25) is 0 Å². The summed E-state index contributed by atoms with van der Waals surface area (Å²) in [6, 6.07) is 5.51. The molecule has 0 saturated heterocycles. The Morgan fingerprint density at radius 1 is 1.32 bits per heavy atom. The molecule has 0 amide bonds. The predicted octanol–water partition coefficient (Wildman–Crippen LogP) is 4.00. The van der Waals surface area contributed by atoms with E-state index in [1.165, 1.54) is 25.3 Å². The van der Waals surface area contributed by atoms with Gasteiger partial charge in [-0.05, 0) is 55.6 Å². The summed E-state index contributed by atoms with van der Waals surface area (Å²) in [6.07, 6.45) is 4.91. The minimum absolute atomic E-state index is 0.263. The van der Waals surface area contributed by atoms with Gasteiger partial charge in [0.1, 0.15) is 5.82 Å². The molecule has 1 aromatic rings. The first kappa shape index (κ1) is 14.3. The maximum atomic E-state index is 13.7. The van der Waals surface area contributed by atoms with E-state index in [9.17, 15) is 4.39 Å². The summed E-state index contributed by atoms with van der Waals surface area (Å²) in [5.74, 6) is 0.359. The van der Waals surface area contributed by atoms with Crippen molar-refractivity contribution in [2.75, 3.05) is 5.32 Å². The molecule has 104 valence electrons. The molecule has 1 aliphatic rings. The summed E-state index contributed by atoms with van der Waals surface area (Å²) in [5.41, 5.74) is 1.34. The van der Waals surface area contributed by atoms with Gasteiger partial charge in [0.25, 0.3) is 0 Å². The van der Waals surface area contributed by atoms with E-state index in [2.05, 4.69) is 17.6 Å². The molecule has 1 aliphatic carbocycles. The van der Waals surface area contributed by atoms with Crippen molar-refractivity contribution in [2.45, 2.75) is 45.6 Å². The third-order valence-electron chi connectivity index (χ3n) is 3.80. The molecule has 4 heteroatoms. The van der Waals surface area contributed by atoms with E-state index in [1.807, 2.05) is 13.0 Å². The lowest BCUT2D eigenvalue weighted by atomic mass is 9.86. The zero-order valence-corrected chi connectivity index (χ0v) is 12.3. The highest BCUT2D eigenvalue weighted by Gasteiger charge is 2.21. The lowest BCUT2D eigenvalue weighted by molar-refractivity contribution is 0.309. The van der Waals surface area contributed by atoms with Crippen LogP contribution in [0.3, 0.4) is 0 Å². The summed E-state index contributed by atoms with van der Waals surface area (Å²) in [5, 5.41) is 6.78. The quantitative estimate of drug-likeness (QED) is 0.801. The molecule has 0 unspecified atom stereocenters. The highest BCUT2D eigenvalue weighted by atomic mass is 32.1. The largest absolute Gasteiger partial charge is 0.359 e. The molecule has 1 fully saturated rings. The molecule has 19 heavy (non-hydrogen) atoms. The Bertz CT molecular complexity index is 461. The van der Waals surface area contributed by atoms with E-state index in [-0.39, 0.29) is 5.82 Å². The van der Waals surface area contributed by atoms with Crippen molar-refractivity contribution in [2.24, 2.45) is 5.92 Å². The Balaban J connectivity index is 1.93. The molecular formula is C15H21FN2S. The number of hydrogen-bond donors (Lipinski definition) is 2. The highest BCUT2D eigenvalue weighted by Crippen LogP contribution is 2.24. The van der Waals surface area contributed by atoms with Crippen molar-refractivity contribution >= 4 is 23.0 Å². The Morgan fingerprint density at radius 3 is 2.74 bits per heavy atom. The Labute approximate surface area is 119 Å². The molecule has 0 aromatic heterocycles. The van der Waals surface area contributed by atoms with Crippen molar-refractivity contribution in [3.63, 3.8) is 0 Å². The van der Waals surface area contributed by atoms with Crippen LogP contribution in [0.5, 0.6) is 0 Å². The Morgan fingerprint density at radius 2 is 2.05 bits per heavy atom. The number of anilines is 1. The smallest absolute Gasteiger partial charge is 0.171 e. The molecule has 2 N–H and O–H groups in total. The van der Waals surface area contributed by atoms with Crippen LogP contribution in [0.2, 0.25) is 0 Å². The van der Waals surface area contributed by atoms with Gasteiger partial charge in [0.15, 0.2) is 5.11 Å². The molecule has 1 aromatic carbocycles. The van der Waals surface area contributed by atoms with Crippen LogP contribution in [0.25, 0.3) is 0 Å². The number of rotatable bonds is 2. The molecule has 0 bridgehead atoms. The number of halogens is 1. The lowest BCUT2D eigenvalue weighted by Crippen LogP contribution is -2.43. The third kappa shape index (κ3) is 3.90. The van der Waals surface area contributed by atoms with E-state index in [4.69, 9.17) is 12.2 Å². The average Bonchev–Trinajstić information content (AvgIpc) is 2.36. The van der Waals surface area contributed by atoms with Gasteiger partial charge in [0.05, 0.1) is 5.69 Å². The second kappa shape index (κ2) is 6.33. The topological polar surface area (TPSA) is 24.1 Å². The molecule has 0 heterocycles. The van der Waals surface area contributed by atoms with Crippen molar-refractivity contribution in [1.29, 1.82) is 0 Å². The summed E-state index contributed by atoms with van der Waals surface area (Å²) >= 11 is 5.27. The fraction of sp³-hybridized carbons (Fsp3) is 0.533. The van der Waals surface area contributed by atoms with E-state index >= 15 is 0 Å². The minimum Gasteiger partial charge on any atom is -0.359 e. The zero-order valence-electron chi connectivity index (χ0n) is 11.5. The second-order valence-corrected chi connectivity index (χ2v) is 5.86. The van der Waals surface area contributed by atoms with Gasteiger partial charge in [-0.1, -0.05) is 25.8 Å². The van der Waals surface area contributed by atoms with Crippen molar-refractivity contribution in [1.82, 2.24) is 5.32 Å². The van der Waals surface area contributed by atoms with Crippen molar-refractivity contribution < 1.29 is 4.39 Å². The third-order valence-corrected chi connectivity index (χ3v) is 4.02. The van der Waals surface area contributed by atoms with Gasteiger partial charge in [0, 0.05) is 6.04 Å². The first-order chi connectivity index (χ1) is 9.06. The molecule has 2 atom stereocenters. The molecule has 0 spiro atoms. The summed E-state index contributed by atoms with van der Waals surface area (Å²) in [6.45, 7) is 4.11. The number of aryl methyl sites for hydroxylation is 1. The maximum absolute atomic E-state index is 13.7. The van der Waals surface area contributed by atoms with Crippen LogP contribution in [0.4, 0.5) is 10.1 Å². The number of thiocarbonyl (C=S) groups is 1. The Kier molecular flexibility index (Phi) is 4.75. The van der Waals surface area contributed by atoms with Gasteiger partial charge in [-0.25, -0.2) is 4.39 Å². The number of hydrogen-bond acceptors (Lipinski definition) is 1. The fourth-order valence-corrected chi connectivity index (χ4v) is 2.84. The van der Waals surface area contributed by atoms with Crippen molar-refractivity contribution in [3.05, 3.63) is 29.6 Å². The normalized spacial score (nSPS) is 22.9. The second-order valence-electron chi connectivity index (χ2n) is 5.45. The first-order valence-corrected chi connectivity index (χ1v) is 7.31. The van der Waals surface area contributed by atoms with E-state index in [1.54, 1.807) is 6.07 Å². The van der Waals surface area contributed by atoms with Crippen molar-refractivity contribution in [3.8, 4) is 0 Å². The van der Waals surface area contributed by atoms with Crippen LogP contribution in [-0.4, -0.2) is 11.2 Å². The summed E-state index contributed by atoms with van der Waals surface area (Å²) in [4.78, 5) is 0. The van der Waals surface area contributed by atoms with Crippen LogP contribution in [0.1, 0.15) is 38.2 Å². The first-order valence-electron chi connectivity index (χ1n) is 6.90. The van der Waals surface area contributed by atoms with Gasteiger partial charge in [-0.15, -0.1) is 0 Å². The summed E-state index contributed by atoms with van der Waals surface area (Å²) < 4.78 is 13.7. The monoisotopic (exact) mass is 280 g/mol. The molecule has 1 saturated carbocycles. The average molecular weight is 280 g/mol. The molecular weight excluding hydrogens is 259 g/mol. The van der Waals surface area contributed by atoms with Crippen LogP contribution < -0.4 is 10.6 Å². The number of nitrogens with one attached hydrogen (secondary N) is 2. The van der Waals surface area contributed by atoms with Crippen LogP contribution in [0, 0.1) is 18.7 Å². The van der Waals surface area contributed by atoms with Crippen LogP contribution >= 0.6 is 12.2 Å². The SMILES string of the molecule is Cc1ccc(NC(=S)N[C@@H]2CCCC[C@H]2C)c(F)c1. The fourth-order valence-electron chi connectivity index (χ4n) is 2.58. The predicted molar refractivity (Wildman–Crippen MR) is 81.9 cm³/mol. The van der Waals surface area contributed by atoms with Gasteiger partial charge < -0.3 is 10.6 Å².